The highest BCUT2D eigenvalue weighted by Gasteiger charge is 2.25. The van der Waals surface area contributed by atoms with E-state index in [2.05, 4.69) is 5.32 Å². The molecule has 0 bridgehead atoms. The smallest absolute Gasteiger partial charge is 0.275 e. The van der Waals surface area contributed by atoms with E-state index in [1.807, 2.05) is 0 Å². The van der Waals surface area contributed by atoms with E-state index in [1.54, 1.807) is 31.4 Å². The highest BCUT2D eigenvalue weighted by molar-refractivity contribution is 5.76. The molecule has 0 atom stereocenters. The molecular formula is C22H29F2N3O2+2. The molecule has 0 saturated carbocycles. The van der Waals surface area contributed by atoms with Crippen molar-refractivity contribution in [2.75, 3.05) is 46.4 Å². The number of methoxy groups -OCH3 is 1. The normalized spacial score (nSPS) is 19.0. The lowest BCUT2D eigenvalue weighted by atomic mass is 10.1. The van der Waals surface area contributed by atoms with Crippen LogP contribution in [0.5, 0.6) is 5.75 Å². The van der Waals surface area contributed by atoms with E-state index >= 15 is 0 Å². The summed E-state index contributed by atoms with van der Waals surface area (Å²) < 4.78 is 32.5. The van der Waals surface area contributed by atoms with Crippen molar-refractivity contribution in [3.8, 4) is 5.75 Å². The van der Waals surface area contributed by atoms with E-state index < -0.39 is 0 Å². The van der Waals surface area contributed by atoms with Crippen LogP contribution in [0.3, 0.4) is 0 Å². The maximum atomic E-state index is 13.6. The quantitative estimate of drug-likeness (QED) is 0.561. The Morgan fingerprint density at radius 2 is 1.76 bits per heavy atom. The van der Waals surface area contributed by atoms with Crippen molar-refractivity contribution < 1.29 is 28.1 Å². The predicted octanol–water partition coefficient (Wildman–Crippen LogP) is -0.384. The van der Waals surface area contributed by atoms with Gasteiger partial charge in [-0.25, -0.2) is 8.78 Å². The van der Waals surface area contributed by atoms with Crippen molar-refractivity contribution in [1.29, 1.82) is 0 Å². The zero-order chi connectivity index (χ0) is 20.6. The molecule has 0 radical (unpaired) electrons. The third-order valence-corrected chi connectivity index (χ3v) is 5.43. The fourth-order valence-corrected chi connectivity index (χ4v) is 3.79. The Balaban J connectivity index is 1.39. The lowest BCUT2D eigenvalue weighted by Gasteiger charge is -2.29. The number of halogens is 2. The van der Waals surface area contributed by atoms with Crippen LogP contribution in [0.15, 0.2) is 42.5 Å². The maximum Gasteiger partial charge on any atom is 0.275 e. The number of amides is 1. The van der Waals surface area contributed by atoms with Crippen LogP contribution in [0, 0.1) is 11.6 Å². The average Bonchev–Trinajstić information content (AvgIpc) is 2.71. The summed E-state index contributed by atoms with van der Waals surface area (Å²) in [7, 11) is 1.60. The van der Waals surface area contributed by atoms with E-state index in [0.29, 0.717) is 37.4 Å². The molecule has 1 heterocycles. The van der Waals surface area contributed by atoms with Crippen LogP contribution in [0.25, 0.3) is 0 Å². The van der Waals surface area contributed by atoms with Crippen molar-refractivity contribution in [1.82, 2.24) is 5.32 Å². The summed E-state index contributed by atoms with van der Waals surface area (Å²) in [6, 6.07) is 11.2. The fraction of sp³-hybridized carbons (Fsp3) is 0.409. The SMILES string of the molecule is COc1ccc(F)cc1C[NH+]1CC[NH+](CC(=O)NCCc2ccccc2F)CC1. The number of ether oxygens (including phenoxy) is 1. The standard InChI is InChI=1S/C22H27F2N3O2/c1-29-21-7-6-19(23)14-18(21)15-26-10-12-27(13-11-26)16-22(28)25-9-8-17-4-2-3-5-20(17)24/h2-7,14H,8-13,15-16H2,1H3,(H,25,28)/p+2. The summed E-state index contributed by atoms with van der Waals surface area (Å²) in [6.07, 6.45) is 0.487. The Morgan fingerprint density at radius 3 is 2.48 bits per heavy atom. The minimum absolute atomic E-state index is 0.00779. The summed E-state index contributed by atoms with van der Waals surface area (Å²) in [5, 5.41) is 2.89. The van der Waals surface area contributed by atoms with Crippen LogP contribution >= 0.6 is 0 Å². The second kappa shape index (κ2) is 10.3. The van der Waals surface area contributed by atoms with E-state index in [1.165, 1.54) is 28.0 Å². The van der Waals surface area contributed by atoms with Gasteiger partial charge in [0.2, 0.25) is 0 Å². The number of nitrogens with one attached hydrogen (secondary N) is 3. The van der Waals surface area contributed by atoms with Crippen LogP contribution in [0.2, 0.25) is 0 Å². The topological polar surface area (TPSA) is 47.2 Å². The zero-order valence-corrected chi connectivity index (χ0v) is 16.8. The molecule has 3 N–H and O–H groups in total. The Kier molecular flexibility index (Phi) is 7.55. The molecule has 2 aromatic rings. The molecule has 0 aromatic heterocycles. The van der Waals surface area contributed by atoms with Gasteiger partial charge in [0.05, 0.1) is 12.7 Å². The second-order valence-corrected chi connectivity index (χ2v) is 7.50. The maximum absolute atomic E-state index is 13.6. The van der Waals surface area contributed by atoms with Crippen LogP contribution in [0.1, 0.15) is 11.1 Å². The average molecular weight is 405 g/mol. The van der Waals surface area contributed by atoms with Crippen molar-refractivity contribution >= 4 is 5.91 Å². The molecule has 156 valence electrons. The summed E-state index contributed by atoms with van der Waals surface area (Å²) >= 11 is 0. The molecule has 0 aliphatic carbocycles. The van der Waals surface area contributed by atoms with Gasteiger partial charge in [0.15, 0.2) is 6.54 Å². The minimum Gasteiger partial charge on any atom is -0.496 e. The van der Waals surface area contributed by atoms with Gasteiger partial charge in [-0.3, -0.25) is 4.79 Å². The van der Waals surface area contributed by atoms with Gasteiger partial charge in [0.1, 0.15) is 50.1 Å². The van der Waals surface area contributed by atoms with Gasteiger partial charge >= 0.3 is 0 Å². The van der Waals surface area contributed by atoms with Crippen LogP contribution in [0.4, 0.5) is 8.78 Å². The number of hydrogen-bond acceptors (Lipinski definition) is 2. The minimum atomic E-state index is -0.253. The van der Waals surface area contributed by atoms with Gasteiger partial charge < -0.3 is 19.9 Å². The third kappa shape index (κ3) is 6.24. The number of piperazine rings is 1. The van der Waals surface area contributed by atoms with Gasteiger partial charge in [-0.2, -0.15) is 0 Å². The number of carbonyl (C=O) groups excluding carboxylic acids is 1. The van der Waals surface area contributed by atoms with Crippen LogP contribution in [-0.2, 0) is 17.8 Å². The van der Waals surface area contributed by atoms with E-state index in [0.717, 1.165) is 31.7 Å². The van der Waals surface area contributed by atoms with E-state index in [-0.39, 0.29) is 17.5 Å². The first-order chi connectivity index (χ1) is 14.0. The van der Waals surface area contributed by atoms with Gasteiger partial charge in [-0.1, -0.05) is 18.2 Å². The largest absolute Gasteiger partial charge is 0.496 e. The predicted molar refractivity (Wildman–Crippen MR) is 106 cm³/mol. The molecule has 2 aromatic carbocycles. The summed E-state index contributed by atoms with van der Waals surface area (Å²) in [6.45, 7) is 5.16. The number of hydrogen-bond donors (Lipinski definition) is 3. The summed E-state index contributed by atoms with van der Waals surface area (Å²) in [5.41, 5.74) is 1.49. The molecule has 1 fully saturated rings. The number of benzene rings is 2. The van der Waals surface area contributed by atoms with Gasteiger partial charge in [0.25, 0.3) is 5.91 Å². The first kappa shape index (κ1) is 21.2. The lowest BCUT2D eigenvalue weighted by molar-refractivity contribution is -1.02. The van der Waals surface area contributed by atoms with Gasteiger partial charge in [-0.15, -0.1) is 0 Å². The molecule has 1 amide bonds. The van der Waals surface area contributed by atoms with Gasteiger partial charge in [0, 0.05) is 6.54 Å². The molecule has 1 aliphatic heterocycles. The fourth-order valence-electron chi connectivity index (χ4n) is 3.79. The monoisotopic (exact) mass is 405 g/mol. The highest BCUT2D eigenvalue weighted by Crippen LogP contribution is 2.18. The molecule has 1 aliphatic rings. The van der Waals surface area contributed by atoms with Crippen LogP contribution in [-0.4, -0.2) is 52.3 Å². The molecule has 1 saturated heterocycles. The van der Waals surface area contributed by atoms with E-state index in [9.17, 15) is 13.6 Å². The number of quaternary nitrogens is 2. The number of rotatable bonds is 8. The molecule has 29 heavy (non-hydrogen) atoms. The van der Waals surface area contributed by atoms with E-state index in [4.69, 9.17) is 4.74 Å². The van der Waals surface area contributed by atoms with Crippen molar-refractivity contribution in [2.24, 2.45) is 0 Å². The molecule has 3 rings (SSSR count). The second-order valence-electron chi connectivity index (χ2n) is 7.50. The van der Waals surface area contributed by atoms with Crippen LogP contribution < -0.4 is 19.9 Å². The summed E-state index contributed by atoms with van der Waals surface area (Å²) in [5.74, 6) is 0.215. The van der Waals surface area contributed by atoms with Crippen molar-refractivity contribution in [3.63, 3.8) is 0 Å². The lowest BCUT2D eigenvalue weighted by Crippen LogP contribution is -3.28. The zero-order valence-electron chi connectivity index (χ0n) is 16.8. The Morgan fingerprint density at radius 1 is 1.03 bits per heavy atom. The molecule has 0 spiro atoms. The first-order valence-corrected chi connectivity index (χ1v) is 10.0. The Bertz CT molecular complexity index is 823. The Labute approximate surface area is 170 Å². The summed E-state index contributed by atoms with van der Waals surface area (Å²) in [4.78, 5) is 14.8. The van der Waals surface area contributed by atoms with Crippen molar-refractivity contribution in [2.45, 2.75) is 13.0 Å². The molecule has 0 unspecified atom stereocenters. The molecule has 7 heteroatoms. The molecule has 5 nitrogen and oxygen atoms in total. The Hall–Kier alpha value is -2.51. The van der Waals surface area contributed by atoms with Crippen molar-refractivity contribution in [3.05, 3.63) is 65.2 Å². The van der Waals surface area contributed by atoms with Gasteiger partial charge in [-0.05, 0) is 36.2 Å². The molecular weight excluding hydrogens is 376 g/mol. The highest BCUT2D eigenvalue weighted by atomic mass is 19.1. The first-order valence-electron chi connectivity index (χ1n) is 10.0. The number of carbonyl (C=O) groups is 1. The third-order valence-electron chi connectivity index (χ3n) is 5.43.